The zero-order valence-electron chi connectivity index (χ0n) is 6.91. The molecule has 0 saturated heterocycles. The lowest BCUT2D eigenvalue weighted by molar-refractivity contribution is -0.135. The largest absolute Gasteiger partial charge is 0.463 e. The van der Waals surface area contributed by atoms with Crippen LogP contribution >= 0.6 is 15.9 Å². The molecular formula is C9H7BrO3. The summed E-state index contributed by atoms with van der Waals surface area (Å²) in [6, 6.07) is 6.50. The number of carbonyl (C=O) groups excluding carboxylic acids is 2. The summed E-state index contributed by atoms with van der Waals surface area (Å²) in [4.78, 5) is 22.0. The SMILES string of the molecule is COC(=O)C(=O)c1ccc(Br)cc1. The maximum atomic E-state index is 11.2. The van der Waals surface area contributed by atoms with Gasteiger partial charge in [0.15, 0.2) is 0 Å². The van der Waals surface area contributed by atoms with Gasteiger partial charge in [-0.15, -0.1) is 0 Å². The lowest BCUT2D eigenvalue weighted by Crippen LogP contribution is -2.15. The van der Waals surface area contributed by atoms with Crippen LogP contribution in [0.3, 0.4) is 0 Å². The zero-order valence-corrected chi connectivity index (χ0v) is 8.50. The van der Waals surface area contributed by atoms with E-state index in [0.29, 0.717) is 5.56 Å². The molecule has 0 radical (unpaired) electrons. The molecule has 4 heteroatoms. The third-order valence-electron chi connectivity index (χ3n) is 1.48. The summed E-state index contributed by atoms with van der Waals surface area (Å²) in [7, 11) is 1.18. The predicted molar refractivity (Wildman–Crippen MR) is 50.5 cm³/mol. The average Bonchev–Trinajstić information content (AvgIpc) is 2.17. The number of methoxy groups -OCH3 is 1. The van der Waals surface area contributed by atoms with Gasteiger partial charge in [-0.2, -0.15) is 0 Å². The summed E-state index contributed by atoms with van der Waals surface area (Å²) >= 11 is 3.22. The molecule has 0 aromatic heterocycles. The Morgan fingerprint density at radius 3 is 2.23 bits per heavy atom. The van der Waals surface area contributed by atoms with Crippen LogP contribution in [0.15, 0.2) is 28.7 Å². The van der Waals surface area contributed by atoms with Gasteiger partial charge in [-0.1, -0.05) is 15.9 Å². The van der Waals surface area contributed by atoms with E-state index < -0.39 is 11.8 Å². The van der Waals surface area contributed by atoms with E-state index in [9.17, 15) is 9.59 Å². The van der Waals surface area contributed by atoms with Crippen LogP contribution in [-0.4, -0.2) is 18.9 Å². The van der Waals surface area contributed by atoms with Gasteiger partial charge < -0.3 is 4.74 Å². The summed E-state index contributed by atoms with van der Waals surface area (Å²) in [6.45, 7) is 0. The first-order valence-corrected chi connectivity index (χ1v) is 4.32. The highest BCUT2D eigenvalue weighted by atomic mass is 79.9. The summed E-state index contributed by atoms with van der Waals surface area (Å²) in [5, 5.41) is 0. The molecule has 0 spiro atoms. The van der Waals surface area contributed by atoms with E-state index in [1.807, 2.05) is 0 Å². The van der Waals surface area contributed by atoms with Crippen LogP contribution in [0, 0.1) is 0 Å². The molecule has 0 fully saturated rings. The van der Waals surface area contributed by atoms with Crippen LogP contribution < -0.4 is 0 Å². The van der Waals surface area contributed by atoms with Crippen molar-refractivity contribution in [2.45, 2.75) is 0 Å². The van der Waals surface area contributed by atoms with E-state index in [2.05, 4.69) is 20.7 Å². The van der Waals surface area contributed by atoms with E-state index in [1.54, 1.807) is 24.3 Å². The quantitative estimate of drug-likeness (QED) is 0.452. The maximum Gasteiger partial charge on any atom is 0.379 e. The van der Waals surface area contributed by atoms with Gasteiger partial charge in [-0.05, 0) is 24.3 Å². The molecule has 0 aliphatic rings. The van der Waals surface area contributed by atoms with Crippen LogP contribution in [0.5, 0.6) is 0 Å². The lowest BCUT2D eigenvalue weighted by atomic mass is 10.1. The molecule has 0 bridgehead atoms. The number of Topliss-reactive ketones (excluding diaryl/α,β-unsaturated/α-hetero) is 1. The minimum atomic E-state index is -0.845. The number of hydrogen-bond donors (Lipinski definition) is 0. The van der Waals surface area contributed by atoms with Crippen molar-refractivity contribution in [2.24, 2.45) is 0 Å². The van der Waals surface area contributed by atoms with Crippen molar-refractivity contribution < 1.29 is 14.3 Å². The highest BCUT2D eigenvalue weighted by molar-refractivity contribution is 9.10. The Morgan fingerprint density at radius 1 is 1.23 bits per heavy atom. The molecule has 3 nitrogen and oxygen atoms in total. The van der Waals surface area contributed by atoms with Crippen molar-refractivity contribution in [3.8, 4) is 0 Å². The number of ketones is 1. The monoisotopic (exact) mass is 242 g/mol. The number of rotatable bonds is 2. The van der Waals surface area contributed by atoms with E-state index >= 15 is 0 Å². The number of carbonyl (C=O) groups is 2. The Kier molecular flexibility index (Phi) is 3.19. The standard InChI is InChI=1S/C9H7BrO3/c1-13-9(12)8(11)6-2-4-7(10)5-3-6/h2-5H,1H3. The summed E-state index contributed by atoms with van der Waals surface area (Å²) < 4.78 is 5.15. The first-order valence-electron chi connectivity index (χ1n) is 3.53. The van der Waals surface area contributed by atoms with Gasteiger partial charge in [0, 0.05) is 10.0 Å². The first kappa shape index (κ1) is 9.92. The second-order valence-electron chi connectivity index (χ2n) is 2.33. The van der Waals surface area contributed by atoms with Gasteiger partial charge in [0.1, 0.15) is 0 Å². The third-order valence-corrected chi connectivity index (χ3v) is 2.01. The van der Waals surface area contributed by atoms with Crippen LogP contribution in [0.2, 0.25) is 0 Å². The van der Waals surface area contributed by atoms with E-state index in [-0.39, 0.29) is 0 Å². The van der Waals surface area contributed by atoms with Crippen molar-refractivity contribution >= 4 is 27.7 Å². The molecule has 13 heavy (non-hydrogen) atoms. The summed E-state index contributed by atoms with van der Waals surface area (Å²) in [5.41, 5.74) is 0.329. The third kappa shape index (κ3) is 2.39. The van der Waals surface area contributed by atoms with Gasteiger partial charge >= 0.3 is 5.97 Å². The molecule has 0 aliphatic heterocycles. The molecule has 68 valence electrons. The minimum Gasteiger partial charge on any atom is -0.463 e. The van der Waals surface area contributed by atoms with Crippen molar-refractivity contribution in [1.82, 2.24) is 0 Å². The van der Waals surface area contributed by atoms with Crippen molar-refractivity contribution in [2.75, 3.05) is 7.11 Å². The predicted octanol–water partition coefficient (Wildman–Crippen LogP) is 1.80. The molecule has 0 unspecified atom stereocenters. The van der Waals surface area contributed by atoms with Crippen LogP contribution in [-0.2, 0) is 9.53 Å². The Labute approximate surface area is 83.8 Å². The van der Waals surface area contributed by atoms with Gasteiger partial charge in [-0.3, -0.25) is 4.79 Å². The number of ether oxygens (including phenoxy) is 1. The zero-order chi connectivity index (χ0) is 9.84. The fourth-order valence-electron chi connectivity index (χ4n) is 0.812. The van der Waals surface area contributed by atoms with Crippen LogP contribution in [0.4, 0.5) is 0 Å². The second-order valence-corrected chi connectivity index (χ2v) is 3.24. The Hall–Kier alpha value is -1.16. The molecule has 0 N–H and O–H groups in total. The number of esters is 1. The topological polar surface area (TPSA) is 43.4 Å². The van der Waals surface area contributed by atoms with Crippen LogP contribution in [0.1, 0.15) is 10.4 Å². The molecule has 0 heterocycles. The Balaban J connectivity index is 2.90. The van der Waals surface area contributed by atoms with E-state index in [1.165, 1.54) is 7.11 Å². The van der Waals surface area contributed by atoms with Gasteiger partial charge in [0.25, 0.3) is 5.78 Å². The smallest absolute Gasteiger partial charge is 0.379 e. The van der Waals surface area contributed by atoms with Gasteiger partial charge in [-0.25, -0.2) is 4.79 Å². The van der Waals surface area contributed by atoms with E-state index in [0.717, 1.165) is 4.47 Å². The molecule has 1 aromatic carbocycles. The highest BCUT2D eigenvalue weighted by Crippen LogP contribution is 2.11. The summed E-state index contributed by atoms with van der Waals surface area (Å²) in [5.74, 6) is -1.47. The molecule has 1 aromatic rings. The van der Waals surface area contributed by atoms with Crippen LogP contribution in [0.25, 0.3) is 0 Å². The lowest BCUT2D eigenvalue weighted by Gasteiger charge is -1.98. The molecule has 0 amide bonds. The minimum absolute atomic E-state index is 0.329. The second kappa shape index (κ2) is 4.18. The van der Waals surface area contributed by atoms with Crippen molar-refractivity contribution in [1.29, 1.82) is 0 Å². The molecule has 0 atom stereocenters. The first-order chi connectivity index (χ1) is 6.15. The van der Waals surface area contributed by atoms with Crippen molar-refractivity contribution in [3.05, 3.63) is 34.3 Å². The maximum absolute atomic E-state index is 11.2. The average molecular weight is 243 g/mol. The van der Waals surface area contributed by atoms with E-state index in [4.69, 9.17) is 0 Å². The Bertz CT molecular complexity index is 329. The molecule has 1 rings (SSSR count). The molecule has 0 saturated carbocycles. The molecular weight excluding hydrogens is 236 g/mol. The Morgan fingerprint density at radius 2 is 1.77 bits per heavy atom. The normalized spacial score (nSPS) is 9.38. The fourth-order valence-corrected chi connectivity index (χ4v) is 1.08. The highest BCUT2D eigenvalue weighted by Gasteiger charge is 2.15. The van der Waals surface area contributed by atoms with Gasteiger partial charge in [0.05, 0.1) is 7.11 Å². The number of halogens is 1. The summed E-state index contributed by atoms with van der Waals surface area (Å²) in [6.07, 6.45) is 0. The number of hydrogen-bond acceptors (Lipinski definition) is 3. The molecule has 0 aliphatic carbocycles. The van der Waals surface area contributed by atoms with Crippen molar-refractivity contribution in [3.63, 3.8) is 0 Å². The fraction of sp³-hybridized carbons (Fsp3) is 0.111. The van der Waals surface area contributed by atoms with Gasteiger partial charge in [0.2, 0.25) is 0 Å². The number of benzene rings is 1.